The minimum absolute atomic E-state index is 0.105. The highest BCUT2D eigenvalue weighted by atomic mass is 16.5. The number of benzene rings is 1. The summed E-state index contributed by atoms with van der Waals surface area (Å²) in [6.45, 7) is 3.95. The van der Waals surface area contributed by atoms with Gasteiger partial charge in [-0.2, -0.15) is 0 Å². The predicted molar refractivity (Wildman–Crippen MR) is 73.1 cm³/mol. The van der Waals surface area contributed by atoms with Crippen LogP contribution in [0.1, 0.15) is 40.3 Å². The minimum Gasteiger partial charge on any atom is -0.476 e. The first-order valence-corrected chi connectivity index (χ1v) is 6.39. The van der Waals surface area contributed by atoms with Crippen LogP contribution in [0, 0.1) is 0 Å². The molecule has 2 rings (SSSR count). The maximum atomic E-state index is 11.7. The van der Waals surface area contributed by atoms with Crippen LogP contribution in [0.15, 0.2) is 30.5 Å². The highest BCUT2D eigenvalue weighted by Crippen LogP contribution is 2.09. The SMILES string of the molecule is CC(C)OC(=O)c1ccc(Cn2cc(C(=O)O)nn2)cc1. The Morgan fingerprint density at radius 2 is 1.95 bits per heavy atom. The van der Waals surface area contributed by atoms with Gasteiger partial charge in [-0.1, -0.05) is 17.3 Å². The lowest BCUT2D eigenvalue weighted by Crippen LogP contribution is -2.11. The van der Waals surface area contributed by atoms with E-state index in [1.807, 2.05) is 0 Å². The molecule has 110 valence electrons. The third kappa shape index (κ3) is 3.88. The molecule has 0 saturated carbocycles. The number of carboxylic acid groups (broad SMARTS) is 1. The summed E-state index contributed by atoms with van der Waals surface area (Å²) in [4.78, 5) is 22.4. The number of carbonyl (C=O) groups excluding carboxylic acids is 1. The molecule has 1 N–H and O–H groups in total. The Balaban J connectivity index is 2.05. The number of carboxylic acids is 1. The Hall–Kier alpha value is -2.70. The first-order chi connectivity index (χ1) is 9.95. The maximum absolute atomic E-state index is 11.7. The van der Waals surface area contributed by atoms with E-state index in [1.54, 1.807) is 38.1 Å². The second-order valence-electron chi connectivity index (χ2n) is 4.76. The van der Waals surface area contributed by atoms with E-state index >= 15 is 0 Å². The van der Waals surface area contributed by atoms with Gasteiger partial charge in [-0.3, -0.25) is 0 Å². The van der Waals surface area contributed by atoms with E-state index in [0.29, 0.717) is 12.1 Å². The van der Waals surface area contributed by atoms with Crippen LogP contribution in [0.2, 0.25) is 0 Å². The van der Waals surface area contributed by atoms with Crippen LogP contribution in [-0.4, -0.2) is 38.1 Å². The molecule has 0 radical (unpaired) electrons. The molecule has 0 fully saturated rings. The molecular weight excluding hydrogens is 274 g/mol. The minimum atomic E-state index is -1.12. The number of aromatic nitrogens is 3. The van der Waals surface area contributed by atoms with Crippen molar-refractivity contribution < 1.29 is 19.4 Å². The number of hydrogen-bond acceptors (Lipinski definition) is 5. The molecule has 0 bridgehead atoms. The van der Waals surface area contributed by atoms with E-state index in [4.69, 9.17) is 9.84 Å². The number of rotatable bonds is 5. The van der Waals surface area contributed by atoms with Crippen molar-refractivity contribution in [1.29, 1.82) is 0 Å². The number of ether oxygens (including phenoxy) is 1. The Bertz CT molecular complexity index is 646. The zero-order chi connectivity index (χ0) is 15.4. The molecule has 0 atom stereocenters. The molecule has 0 spiro atoms. The lowest BCUT2D eigenvalue weighted by molar-refractivity contribution is 0.0377. The number of nitrogens with zero attached hydrogens (tertiary/aromatic N) is 3. The lowest BCUT2D eigenvalue weighted by atomic mass is 10.1. The summed E-state index contributed by atoms with van der Waals surface area (Å²) in [5.41, 5.74) is 1.24. The molecule has 2 aromatic rings. The molecule has 0 unspecified atom stereocenters. The van der Waals surface area contributed by atoms with Gasteiger partial charge in [0.1, 0.15) is 0 Å². The van der Waals surface area contributed by atoms with Gasteiger partial charge in [0.25, 0.3) is 0 Å². The van der Waals surface area contributed by atoms with Crippen LogP contribution in [-0.2, 0) is 11.3 Å². The summed E-state index contributed by atoms with van der Waals surface area (Å²) in [5, 5.41) is 16.0. The first-order valence-electron chi connectivity index (χ1n) is 6.39. The zero-order valence-electron chi connectivity index (χ0n) is 11.7. The Labute approximate surface area is 121 Å². The van der Waals surface area contributed by atoms with Gasteiger partial charge in [-0.25, -0.2) is 14.3 Å². The molecule has 1 aromatic carbocycles. The summed E-state index contributed by atoms with van der Waals surface area (Å²) in [6, 6.07) is 6.85. The molecule has 7 heteroatoms. The number of esters is 1. The summed E-state index contributed by atoms with van der Waals surface area (Å²) in [5.74, 6) is -1.49. The monoisotopic (exact) mass is 289 g/mol. The van der Waals surface area contributed by atoms with Crippen LogP contribution in [0.4, 0.5) is 0 Å². The fraction of sp³-hybridized carbons (Fsp3) is 0.286. The highest BCUT2D eigenvalue weighted by molar-refractivity contribution is 5.89. The van der Waals surface area contributed by atoms with Crippen LogP contribution in [0.3, 0.4) is 0 Å². The van der Waals surface area contributed by atoms with Crippen molar-refractivity contribution in [3.8, 4) is 0 Å². The highest BCUT2D eigenvalue weighted by Gasteiger charge is 2.10. The third-order valence-electron chi connectivity index (χ3n) is 2.63. The summed E-state index contributed by atoms with van der Waals surface area (Å²) >= 11 is 0. The fourth-order valence-electron chi connectivity index (χ4n) is 1.69. The van der Waals surface area contributed by atoms with Gasteiger partial charge in [0, 0.05) is 0 Å². The van der Waals surface area contributed by atoms with Crippen molar-refractivity contribution in [3.63, 3.8) is 0 Å². The summed E-state index contributed by atoms with van der Waals surface area (Å²) in [7, 11) is 0. The van der Waals surface area contributed by atoms with Crippen molar-refractivity contribution in [2.45, 2.75) is 26.5 Å². The normalized spacial score (nSPS) is 10.6. The van der Waals surface area contributed by atoms with Gasteiger partial charge in [0.05, 0.1) is 24.4 Å². The Morgan fingerprint density at radius 1 is 1.29 bits per heavy atom. The van der Waals surface area contributed by atoms with Gasteiger partial charge in [0.2, 0.25) is 0 Å². The van der Waals surface area contributed by atoms with Crippen LogP contribution < -0.4 is 0 Å². The lowest BCUT2D eigenvalue weighted by Gasteiger charge is -2.08. The van der Waals surface area contributed by atoms with Crippen molar-refractivity contribution in [2.75, 3.05) is 0 Å². The first kappa shape index (κ1) is 14.7. The largest absolute Gasteiger partial charge is 0.476 e. The van der Waals surface area contributed by atoms with Crippen molar-refractivity contribution >= 4 is 11.9 Å². The van der Waals surface area contributed by atoms with E-state index < -0.39 is 5.97 Å². The number of carbonyl (C=O) groups is 2. The molecule has 0 aliphatic carbocycles. The molecule has 7 nitrogen and oxygen atoms in total. The van der Waals surface area contributed by atoms with Crippen LogP contribution >= 0.6 is 0 Å². The van der Waals surface area contributed by atoms with Crippen molar-refractivity contribution in [2.24, 2.45) is 0 Å². The van der Waals surface area contributed by atoms with E-state index in [9.17, 15) is 9.59 Å². The van der Waals surface area contributed by atoms with Crippen molar-refractivity contribution in [3.05, 3.63) is 47.3 Å². The topological polar surface area (TPSA) is 94.3 Å². The predicted octanol–water partition coefficient (Wildman–Crippen LogP) is 1.59. The average Bonchev–Trinajstić information content (AvgIpc) is 2.87. The number of aromatic carboxylic acids is 1. The van der Waals surface area contributed by atoms with E-state index in [-0.39, 0.29) is 17.8 Å². The third-order valence-corrected chi connectivity index (χ3v) is 2.63. The maximum Gasteiger partial charge on any atom is 0.358 e. The van der Waals surface area contributed by atoms with Crippen molar-refractivity contribution in [1.82, 2.24) is 15.0 Å². The fourth-order valence-corrected chi connectivity index (χ4v) is 1.69. The standard InChI is InChI=1S/C14H15N3O4/c1-9(2)21-14(20)11-5-3-10(4-6-11)7-17-8-12(13(18)19)15-16-17/h3-6,8-9H,7H2,1-2H3,(H,18,19). The molecule has 0 aliphatic heterocycles. The Kier molecular flexibility index (Phi) is 4.32. The quantitative estimate of drug-likeness (QED) is 0.840. The van der Waals surface area contributed by atoms with E-state index in [1.165, 1.54) is 10.9 Å². The second-order valence-corrected chi connectivity index (χ2v) is 4.76. The summed E-state index contributed by atoms with van der Waals surface area (Å²) in [6.07, 6.45) is 1.19. The van der Waals surface area contributed by atoms with E-state index in [2.05, 4.69) is 10.3 Å². The van der Waals surface area contributed by atoms with Gasteiger partial charge in [-0.15, -0.1) is 5.10 Å². The van der Waals surface area contributed by atoms with Gasteiger partial charge in [0.15, 0.2) is 5.69 Å². The molecule has 0 saturated heterocycles. The Morgan fingerprint density at radius 3 is 2.48 bits per heavy atom. The van der Waals surface area contributed by atoms with Crippen LogP contribution in [0.5, 0.6) is 0 Å². The van der Waals surface area contributed by atoms with Gasteiger partial charge < -0.3 is 9.84 Å². The van der Waals surface area contributed by atoms with Crippen LogP contribution in [0.25, 0.3) is 0 Å². The smallest absolute Gasteiger partial charge is 0.358 e. The van der Waals surface area contributed by atoms with E-state index in [0.717, 1.165) is 5.56 Å². The van der Waals surface area contributed by atoms with Gasteiger partial charge >= 0.3 is 11.9 Å². The average molecular weight is 289 g/mol. The molecular formula is C14H15N3O4. The molecule has 0 amide bonds. The molecule has 1 heterocycles. The molecule has 0 aliphatic rings. The zero-order valence-corrected chi connectivity index (χ0v) is 11.7. The second kappa shape index (κ2) is 6.17. The molecule has 21 heavy (non-hydrogen) atoms. The van der Waals surface area contributed by atoms with Gasteiger partial charge in [-0.05, 0) is 31.5 Å². The molecule has 1 aromatic heterocycles. The number of hydrogen-bond donors (Lipinski definition) is 1. The summed E-state index contributed by atoms with van der Waals surface area (Å²) < 4.78 is 6.51.